The second-order valence-corrected chi connectivity index (χ2v) is 18.1. The van der Waals surface area contributed by atoms with Gasteiger partial charge in [-0.25, -0.2) is 18.3 Å². The number of likely N-dealkylation sites (tertiary alicyclic amines) is 1. The minimum atomic E-state index is -2.87. The third kappa shape index (κ3) is 7.99. The van der Waals surface area contributed by atoms with E-state index in [1.807, 2.05) is 6.07 Å². The summed E-state index contributed by atoms with van der Waals surface area (Å²) in [6.45, 7) is 5.49. The van der Waals surface area contributed by atoms with Gasteiger partial charge in [0.15, 0.2) is 11.3 Å². The molecule has 338 valence electrons. The van der Waals surface area contributed by atoms with Crippen LogP contribution in [0.25, 0.3) is 5.65 Å². The number of piperidine rings is 2. The lowest BCUT2D eigenvalue weighted by atomic mass is 9.85. The van der Waals surface area contributed by atoms with Crippen molar-refractivity contribution in [2.45, 2.75) is 94.5 Å². The number of ether oxygens (including phenoxy) is 1. The number of hydrogen-bond donors (Lipinski definition) is 3. The van der Waals surface area contributed by atoms with Crippen molar-refractivity contribution in [1.82, 2.24) is 44.4 Å². The molecule has 3 atom stereocenters. The number of rotatable bonds is 13. The Balaban J connectivity index is 0.683. The maximum atomic E-state index is 14.3. The zero-order valence-electron chi connectivity index (χ0n) is 35.6. The molecule has 5 aliphatic heterocycles. The molecule has 64 heavy (non-hydrogen) atoms. The van der Waals surface area contributed by atoms with Crippen molar-refractivity contribution < 1.29 is 37.5 Å². The number of hydrogen-bond acceptors (Lipinski definition) is 13. The van der Waals surface area contributed by atoms with Gasteiger partial charge in [-0.3, -0.25) is 38.9 Å². The maximum Gasteiger partial charge on any atom is 0.284 e. The molecule has 1 aliphatic carbocycles. The minimum Gasteiger partial charge on any atom is -0.383 e. The number of fused-ring (bicyclic) bond motifs is 4. The van der Waals surface area contributed by atoms with E-state index >= 15 is 0 Å². The predicted molar refractivity (Wildman–Crippen MR) is 228 cm³/mol. The van der Waals surface area contributed by atoms with Crippen LogP contribution < -0.4 is 20.9 Å². The van der Waals surface area contributed by atoms with E-state index in [9.17, 15) is 32.8 Å². The van der Waals surface area contributed by atoms with Gasteiger partial charge in [-0.2, -0.15) is 10.2 Å². The number of halogens is 2. The van der Waals surface area contributed by atoms with Crippen molar-refractivity contribution in [2.24, 2.45) is 5.92 Å². The fraction of sp³-hybridized carbons (Fsp3) is 0.545. The van der Waals surface area contributed by atoms with Crippen LogP contribution in [-0.2, 0) is 14.3 Å². The molecule has 5 amide bonds. The molecule has 3 N–H and O–H groups in total. The zero-order valence-corrected chi connectivity index (χ0v) is 35.6. The van der Waals surface area contributed by atoms with Gasteiger partial charge >= 0.3 is 0 Å². The molecule has 0 spiro atoms. The molecule has 10 rings (SSSR count). The summed E-state index contributed by atoms with van der Waals surface area (Å²) in [5, 5.41) is 16.9. The van der Waals surface area contributed by atoms with Crippen LogP contribution in [0.4, 0.5) is 26.0 Å². The molecule has 4 aromatic rings. The number of morpholine rings is 1. The Morgan fingerprint density at radius 1 is 1.00 bits per heavy atom. The Bertz CT molecular complexity index is 2480. The largest absolute Gasteiger partial charge is 0.383 e. The van der Waals surface area contributed by atoms with Crippen LogP contribution in [0.3, 0.4) is 0 Å². The van der Waals surface area contributed by atoms with Gasteiger partial charge in [0.25, 0.3) is 24.1 Å². The van der Waals surface area contributed by atoms with Crippen molar-refractivity contribution in [2.75, 3.05) is 68.5 Å². The Morgan fingerprint density at radius 2 is 1.81 bits per heavy atom. The van der Waals surface area contributed by atoms with Crippen molar-refractivity contribution in [3.05, 3.63) is 65.2 Å². The average Bonchev–Trinajstić information content (AvgIpc) is 4.14. The van der Waals surface area contributed by atoms with E-state index in [0.717, 1.165) is 88.4 Å². The van der Waals surface area contributed by atoms with E-state index in [0.29, 0.717) is 36.4 Å². The van der Waals surface area contributed by atoms with Crippen LogP contribution in [0.2, 0.25) is 0 Å². The zero-order chi connectivity index (χ0) is 44.2. The second kappa shape index (κ2) is 17.3. The first-order chi connectivity index (χ1) is 31.0. The molecule has 1 unspecified atom stereocenters. The first-order valence-corrected chi connectivity index (χ1v) is 22.4. The number of aromatic nitrogens is 5. The molecule has 4 saturated heterocycles. The molecule has 3 aromatic heterocycles. The fourth-order valence-electron chi connectivity index (χ4n) is 10.6. The minimum absolute atomic E-state index is 0.0120. The van der Waals surface area contributed by atoms with Crippen molar-refractivity contribution >= 4 is 52.4 Å². The number of imide groups is 2. The molecule has 1 aromatic carbocycles. The molecule has 20 heteroatoms. The highest BCUT2D eigenvalue weighted by atomic mass is 19.3. The SMILES string of the molecule is CN(C[C@H]1CC[C@H](n2cc(NC(=O)c3cnn4ccc(N5C[C@H]6C[C@@H]5CO6)nc34)c(C(F)F)n2)CC1)C1CCN(CCNc2cccc3c2C(=O)N(C2CCC(=O)NC2=O)C3=O)CC1. The molecule has 8 heterocycles. The summed E-state index contributed by atoms with van der Waals surface area (Å²) in [6, 6.07) is 6.56. The van der Waals surface area contributed by atoms with Gasteiger partial charge in [-0.15, -0.1) is 0 Å². The highest BCUT2D eigenvalue weighted by molar-refractivity contribution is 6.25. The van der Waals surface area contributed by atoms with E-state index in [1.165, 1.54) is 16.9 Å². The number of benzene rings is 1. The Hall–Kier alpha value is -5.86. The van der Waals surface area contributed by atoms with Crippen LogP contribution in [-0.4, -0.2) is 146 Å². The summed E-state index contributed by atoms with van der Waals surface area (Å²) in [4.78, 5) is 77.1. The van der Waals surface area contributed by atoms with Crippen LogP contribution in [0.1, 0.15) is 107 Å². The van der Waals surface area contributed by atoms with E-state index in [-0.39, 0.29) is 53.4 Å². The van der Waals surface area contributed by atoms with Gasteiger partial charge in [0.2, 0.25) is 11.8 Å². The summed E-state index contributed by atoms with van der Waals surface area (Å²) in [6.07, 6.45) is 8.62. The van der Waals surface area contributed by atoms with E-state index in [2.05, 4.69) is 47.9 Å². The van der Waals surface area contributed by atoms with Crippen LogP contribution >= 0.6 is 0 Å². The van der Waals surface area contributed by atoms with Crippen LogP contribution in [0.15, 0.2) is 42.9 Å². The van der Waals surface area contributed by atoms with Gasteiger partial charge in [0.05, 0.1) is 47.8 Å². The smallest absolute Gasteiger partial charge is 0.284 e. The lowest BCUT2D eigenvalue weighted by molar-refractivity contribution is -0.136. The molecule has 5 fully saturated rings. The topological polar surface area (TPSA) is 192 Å². The number of alkyl halides is 2. The quantitative estimate of drug-likeness (QED) is 0.165. The first kappa shape index (κ1) is 42.1. The average molecular weight is 883 g/mol. The number of carbonyl (C=O) groups is 5. The fourth-order valence-corrected chi connectivity index (χ4v) is 10.6. The summed E-state index contributed by atoms with van der Waals surface area (Å²) in [5.41, 5.74) is 1.14. The molecule has 0 radical (unpaired) electrons. The summed E-state index contributed by atoms with van der Waals surface area (Å²) in [5.74, 6) is -1.47. The Kier molecular flexibility index (Phi) is 11.4. The monoisotopic (exact) mass is 882 g/mol. The van der Waals surface area contributed by atoms with Gasteiger partial charge < -0.3 is 30.1 Å². The molecule has 2 bridgehead atoms. The van der Waals surface area contributed by atoms with Crippen molar-refractivity contribution in [3.63, 3.8) is 0 Å². The highest BCUT2D eigenvalue weighted by Crippen LogP contribution is 2.37. The lowest BCUT2D eigenvalue weighted by Gasteiger charge is -2.39. The van der Waals surface area contributed by atoms with E-state index in [1.54, 1.807) is 29.1 Å². The summed E-state index contributed by atoms with van der Waals surface area (Å²) >= 11 is 0. The maximum absolute atomic E-state index is 14.3. The van der Waals surface area contributed by atoms with Crippen LogP contribution in [0, 0.1) is 5.92 Å². The second-order valence-electron chi connectivity index (χ2n) is 18.1. The van der Waals surface area contributed by atoms with Crippen LogP contribution in [0.5, 0.6) is 0 Å². The van der Waals surface area contributed by atoms with Gasteiger partial charge in [-0.1, -0.05) is 6.07 Å². The lowest BCUT2D eigenvalue weighted by Crippen LogP contribution is -2.54. The molecular formula is C44H52F2N12O6. The predicted octanol–water partition coefficient (Wildman–Crippen LogP) is 3.73. The molecule has 6 aliphatic rings. The van der Waals surface area contributed by atoms with Crippen molar-refractivity contribution in [1.29, 1.82) is 0 Å². The molecular weight excluding hydrogens is 831 g/mol. The Labute approximate surface area is 367 Å². The van der Waals surface area contributed by atoms with E-state index in [4.69, 9.17) is 9.72 Å². The number of carbonyl (C=O) groups excluding carboxylic acids is 5. The number of anilines is 3. The number of nitrogens with zero attached hydrogens (tertiary/aromatic N) is 9. The normalized spacial score (nSPS) is 25.3. The van der Waals surface area contributed by atoms with Gasteiger partial charge in [0.1, 0.15) is 17.4 Å². The third-order valence-electron chi connectivity index (χ3n) is 14.1. The Morgan fingerprint density at radius 3 is 2.55 bits per heavy atom. The first-order valence-electron chi connectivity index (χ1n) is 22.4. The third-order valence-corrected chi connectivity index (χ3v) is 14.1. The standard InChI is InChI=1S/C44H52F2N12O6/c1-53(26-11-15-54(16-12-26)18-14-47-32-4-2-3-30-37(32)44(63)58(43(30)62)34-9-10-36(59)51-42(34)61)21-25-5-7-27(8-6-25)57-23-33(38(52-57)39(45)46)49-41(60)31-20-48-56-17-13-35(50-40(31)56)55-22-29-19-28(55)24-64-29/h2-4,13,17,20,23,25-29,34,39,47H,5-12,14-16,18-19,21-22,24H2,1H3,(H,49,60)(H,51,59,61)/t25-,27-,28-,29-,34?/m1/s1. The van der Waals surface area contributed by atoms with Gasteiger partial charge in [-0.05, 0) is 95.6 Å². The number of nitrogens with one attached hydrogen (secondary N) is 3. The molecule has 18 nitrogen and oxygen atoms in total. The van der Waals surface area contributed by atoms with E-state index < -0.39 is 47.7 Å². The van der Waals surface area contributed by atoms with Crippen molar-refractivity contribution in [3.8, 4) is 0 Å². The summed E-state index contributed by atoms with van der Waals surface area (Å²) < 4.78 is 37.5. The number of amides is 5. The highest BCUT2D eigenvalue weighted by Gasteiger charge is 2.46. The molecule has 1 saturated carbocycles. The van der Waals surface area contributed by atoms with Gasteiger partial charge in [0, 0.05) is 56.7 Å². The summed E-state index contributed by atoms with van der Waals surface area (Å²) in [7, 11) is 2.18.